The summed E-state index contributed by atoms with van der Waals surface area (Å²) >= 11 is 0. The quantitative estimate of drug-likeness (QED) is 0.427. The van der Waals surface area contributed by atoms with Crippen molar-refractivity contribution in [3.63, 3.8) is 0 Å². The predicted octanol–water partition coefficient (Wildman–Crippen LogP) is 4.10. The number of unbranched alkanes of at least 4 members (excludes halogenated alkanes) is 12. The van der Waals surface area contributed by atoms with Crippen LogP contribution in [-0.4, -0.2) is 37.6 Å². The Morgan fingerprint density at radius 2 is 1.42 bits per heavy atom. The Labute approximate surface area is 160 Å². The molecule has 1 rings (SSSR count). The monoisotopic (exact) mass is 368 g/mol. The van der Waals surface area contributed by atoms with Gasteiger partial charge in [0.25, 0.3) is 5.91 Å². The minimum atomic E-state index is -0.528. The van der Waals surface area contributed by atoms with Crippen LogP contribution < -0.4 is 10.6 Å². The minimum Gasteiger partial charge on any atom is -0.366 e. The topological polar surface area (TPSA) is 67.4 Å². The first kappa shape index (κ1) is 23.1. The molecule has 0 spiro atoms. The van der Waals surface area contributed by atoms with E-state index in [-0.39, 0.29) is 11.8 Å². The van der Waals surface area contributed by atoms with Crippen LogP contribution in [0, 0.1) is 0 Å². The molecule has 0 bridgehead atoms. The molecule has 152 valence electrons. The number of carbonyl (C=O) groups excluding carboxylic acids is 2. The lowest BCUT2D eigenvalue weighted by Gasteiger charge is -2.22. The van der Waals surface area contributed by atoms with Crippen molar-refractivity contribution < 1.29 is 14.3 Å². The van der Waals surface area contributed by atoms with Crippen molar-refractivity contribution in [3.8, 4) is 0 Å². The normalized spacial score (nSPS) is 17.2. The van der Waals surface area contributed by atoms with E-state index in [0.29, 0.717) is 19.6 Å². The number of amides is 2. The van der Waals surface area contributed by atoms with Crippen molar-refractivity contribution in [1.82, 2.24) is 10.6 Å². The van der Waals surface area contributed by atoms with Gasteiger partial charge in [-0.3, -0.25) is 14.9 Å². The highest BCUT2D eigenvalue weighted by Gasteiger charge is 2.22. The summed E-state index contributed by atoms with van der Waals surface area (Å²) in [5.74, 6) is -0.482. The van der Waals surface area contributed by atoms with Gasteiger partial charge in [0.15, 0.2) is 0 Å². The van der Waals surface area contributed by atoms with Gasteiger partial charge in [-0.1, -0.05) is 84.0 Å². The average Bonchev–Trinajstić information content (AvgIpc) is 2.66. The fourth-order valence-electron chi connectivity index (χ4n) is 3.32. The van der Waals surface area contributed by atoms with E-state index in [1.165, 1.54) is 70.6 Å². The summed E-state index contributed by atoms with van der Waals surface area (Å²) in [5.41, 5.74) is 0. The zero-order valence-corrected chi connectivity index (χ0v) is 16.8. The Hall–Kier alpha value is -0.940. The van der Waals surface area contributed by atoms with Crippen LogP contribution in [0.2, 0.25) is 0 Å². The van der Waals surface area contributed by atoms with E-state index in [0.717, 1.165) is 19.4 Å². The third kappa shape index (κ3) is 12.4. The molecule has 1 heterocycles. The number of rotatable bonds is 15. The van der Waals surface area contributed by atoms with Crippen molar-refractivity contribution in [3.05, 3.63) is 0 Å². The van der Waals surface area contributed by atoms with Crippen molar-refractivity contribution in [2.75, 3.05) is 19.7 Å². The second-order valence-corrected chi connectivity index (χ2v) is 7.47. The summed E-state index contributed by atoms with van der Waals surface area (Å²) in [4.78, 5) is 23.6. The summed E-state index contributed by atoms with van der Waals surface area (Å²) in [6.45, 7) is 4.02. The summed E-state index contributed by atoms with van der Waals surface area (Å²) in [6.07, 6.45) is 16.6. The number of nitrogens with one attached hydrogen (secondary N) is 2. The molecule has 5 nitrogen and oxygen atoms in total. The van der Waals surface area contributed by atoms with E-state index >= 15 is 0 Å². The Bertz CT molecular complexity index is 368. The number of ether oxygens (including phenoxy) is 1. The van der Waals surface area contributed by atoms with Crippen LogP contribution in [0.25, 0.3) is 0 Å². The van der Waals surface area contributed by atoms with E-state index in [1.54, 1.807) is 0 Å². The SMILES string of the molecule is CCCCCCCCCCCCCCCC(=O)NC(=O)C1CNCCO1. The van der Waals surface area contributed by atoms with Crippen LogP contribution in [0.5, 0.6) is 0 Å². The number of imide groups is 1. The fourth-order valence-corrected chi connectivity index (χ4v) is 3.32. The molecule has 1 aliphatic rings. The Kier molecular flexibility index (Phi) is 14.4. The molecule has 2 amide bonds. The summed E-state index contributed by atoms with van der Waals surface area (Å²) < 4.78 is 5.34. The van der Waals surface area contributed by atoms with Gasteiger partial charge >= 0.3 is 0 Å². The highest BCUT2D eigenvalue weighted by Crippen LogP contribution is 2.12. The zero-order chi connectivity index (χ0) is 18.9. The molecule has 5 heteroatoms. The van der Waals surface area contributed by atoms with Gasteiger partial charge in [-0.05, 0) is 6.42 Å². The van der Waals surface area contributed by atoms with Gasteiger partial charge in [-0.15, -0.1) is 0 Å². The number of morpholine rings is 1. The molecule has 0 aromatic heterocycles. The van der Waals surface area contributed by atoms with Crippen molar-refractivity contribution in [2.45, 2.75) is 103 Å². The molecule has 0 aliphatic carbocycles. The maximum atomic E-state index is 11.8. The molecule has 2 N–H and O–H groups in total. The molecular formula is C21H40N2O3. The largest absolute Gasteiger partial charge is 0.366 e. The lowest BCUT2D eigenvalue weighted by molar-refractivity contribution is -0.139. The van der Waals surface area contributed by atoms with Gasteiger partial charge < -0.3 is 10.1 Å². The molecule has 1 atom stereocenters. The Morgan fingerprint density at radius 3 is 1.92 bits per heavy atom. The molecule has 1 aliphatic heterocycles. The number of hydrogen-bond donors (Lipinski definition) is 2. The first-order chi connectivity index (χ1) is 12.7. The zero-order valence-electron chi connectivity index (χ0n) is 16.8. The predicted molar refractivity (Wildman–Crippen MR) is 106 cm³/mol. The maximum absolute atomic E-state index is 11.8. The summed E-state index contributed by atoms with van der Waals surface area (Å²) in [6, 6.07) is 0. The second-order valence-electron chi connectivity index (χ2n) is 7.47. The van der Waals surface area contributed by atoms with Crippen molar-refractivity contribution in [2.24, 2.45) is 0 Å². The minimum absolute atomic E-state index is 0.174. The van der Waals surface area contributed by atoms with E-state index in [1.807, 2.05) is 0 Å². The Balaban J connectivity index is 1.83. The third-order valence-electron chi connectivity index (χ3n) is 4.99. The van der Waals surface area contributed by atoms with E-state index in [9.17, 15) is 9.59 Å². The number of carbonyl (C=O) groups is 2. The van der Waals surface area contributed by atoms with Crippen LogP contribution >= 0.6 is 0 Å². The lowest BCUT2D eigenvalue weighted by atomic mass is 10.0. The van der Waals surface area contributed by atoms with Gasteiger partial charge in [0.1, 0.15) is 6.10 Å². The third-order valence-corrected chi connectivity index (χ3v) is 4.99. The van der Waals surface area contributed by atoms with Crippen molar-refractivity contribution in [1.29, 1.82) is 0 Å². The van der Waals surface area contributed by atoms with Gasteiger partial charge in [0, 0.05) is 19.5 Å². The van der Waals surface area contributed by atoms with Crippen molar-refractivity contribution >= 4 is 11.8 Å². The molecule has 1 saturated heterocycles. The van der Waals surface area contributed by atoms with Crippen LogP contribution in [0.3, 0.4) is 0 Å². The lowest BCUT2D eigenvalue weighted by Crippen LogP contribution is -2.49. The standard InChI is InChI=1S/C21H40N2O3/c1-2-3-4-5-6-7-8-9-10-11-12-13-14-15-20(24)23-21(25)19-18-22-16-17-26-19/h19,22H,2-18H2,1H3,(H,23,24,25). The first-order valence-corrected chi connectivity index (χ1v) is 10.9. The molecule has 0 saturated carbocycles. The maximum Gasteiger partial charge on any atom is 0.257 e. The van der Waals surface area contributed by atoms with E-state index < -0.39 is 6.10 Å². The smallest absolute Gasteiger partial charge is 0.257 e. The average molecular weight is 369 g/mol. The van der Waals surface area contributed by atoms with Gasteiger partial charge in [0.2, 0.25) is 5.91 Å². The first-order valence-electron chi connectivity index (χ1n) is 10.9. The molecular weight excluding hydrogens is 328 g/mol. The second kappa shape index (κ2) is 16.2. The van der Waals surface area contributed by atoms with Gasteiger partial charge in [-0.25, -0.2) is 0 Å². The molecule has 1 fully saturated rings. The molecule has 0 aromatic rings. The summed E-state index contributed by atoms with van der Waals surface area (Å²) in [5, 5.41) is 5.54. The highest BCUT2D eigenvalue weighted by molar-refractivity contribution is 5.97. The van der Waals surface area contributed by atoms with Crippen LogP contribution in [0.15, 0.2) is 0 Å². The summed E-state index contributed by atoms with van der Waals surface area (Å²) in [7, 11) is 0. The number of hydrogen-bond acceptors (Lipinski definition) is 4. The van der Waals surface area contributed by atoms with Crippen LogP contribution in [-0.2, 0) is 14.3 Å². The highest BCUT2D eigenvalue weighted by atomic mass is 16.5. The fraction of sp³-hybridized carbons (Fsp3) is 0.905. The van der Waals surface area contributed by atoms with Gasteiger partial charge in [-0.2, -0.15) is 0 Å². The molecule has 1 unspecified atom stereocenters. The Morgan fingerprint density at radius 1 is 0.885 bits per heavy atom. The van der Waals surface area contributed by atoms with E-state index in [2.05, 4.69) is 17.6 Å². The van der Waals surface area contributed by atoms with Crippen LogP contribution in [0.4, 0.5) is 0 Å². The van der Waals surface area contributed by atoms with E-state index in [4.69, 9.17) is 4.74 Å². The molecule has 0 aromatic carbocycles. The van der Waals surface area contributed by atoms with Crippen LogP contribution in [0.1, 0.15) is 96.8 Å². The van der Waals surface area contributed by atoms with Gasteiger partial charge in [0.05, 0.1) is 6.61 Å². The molecule has 26 heavy (non-hydrogen) atoms. The molecule has 0 radical (unpaired) electrons.